The normalized spacial score (nSPS) is 13.5. The minimum Gasteiger partial charge on any atom is -0.486 e. The fraction of sp³-hybridized carbons (Fsp3) is 0.286. The first kappa shape index (κ1) is 20.4. The molecule has 7 nitrogen and oxygen atoms in total. The molecule has 3 aromatic rings. The molecule has 30 heavy (non-hydrogen) atoms. The van der Waals surface area contributed by atoms with Crippen molar-refractivity contribution in [2.45, 2.75) is 20.4 Å². The van der Waals surface area contributed by atoms with Crippen LogP contribution < -0.4 is 14.3 Å². The zero-order valence-corrected chi connectivity index (χ0v) is 18.0. The van der Waals surface area contributed by atoms with Gasteiger partial charge in [0, 0.05) is 10.6 Å². The second kappa shape index (κ2) is 8.49. The molecule has 9 heteroatoms. The third-order valence-electron chi connectivity index (χ3n) is 4.61. The third-order valence-corrected chi connectivity index (χ3v) is 6.06. The minimum absolute atomic E-state index is 0.0672. The van der Waals surface area contributed by atoms with Gasteiger partial charge in [-0.3, -0.25) is 9.59 Å². The van der Waals surface area contributed by atoms with E-state index in [4.69, 9.17) is 25.8 Å². The van der Waals surface area contributed by atoms with Crippen LogP contribution in [0.4, 0.5) is 0 Å². The molecule has 2 heterocycles. The summed E-state index contributed by atoms with van der Waals surface area (Å²) in [5.41, 5.74) is 1.94. The van der Waals surface area contributed by atoms with Gasteiger partial charge in [-0.2, -0.15) is 4.99 Å². The summed E-state index contributed by atoms with van der Waals surface area (Å²) in [6.45, 7) is 4.71. The standard InChI is InChI=1S/C21H19ClN2O5S/c1-3-27-18(25)11-24-19-12(2)14(22)5-7-17(19)30-21(24)23-20(26)13-4-6-15-16(10-13)29-9-8-28-15/h4-7,10H,3,8-9,11H2,1-2H3. The van der Waals surface area contributed by atoms with E-state index < -0.39 is 11.9 Å². The van der Waals surface area contributed by atoms with Crippen LogP contribution in [0.15, 0.2) is 35.3 Å². The van der Waals surface area contributed by atoms with Crippen LogP contribution in [0.1, 0.15) is 22.8 Å². The molecule has 0 bridgehead atoms. The Hall–Kier alpha value is -2.84. The van der Waals surface area contributed by atoms with Gasteiger partial charge in [-0.1, -0.05) is 22.9 Å². The minimum atomic E-state index is -0.445. The lowest BCUT2D eigenvalue weighted by molar-refractivity contribution is -0.143. The number of esters is 1. The maximum absolute atomic E-state index is 12.9. The van der Waals surface area contributed by atoms with Gasteiger partial charge in [0.25, 0.3) is 5.91 Å². The highest BCUT2D eigenvalue weighted by Crippen LogP contribution is 2.31. The molecule has 0 saturated heterocycles. The molecule has 0 radical (unpaired) electrons. The number of carbonyl (C=O) groups is 2. The van der Waals surface area contributed by atoms with Gasteiger partial charge in [-0.15, -0.1) is 0 Å². The Morgan fingerprint density at radius 2 is 1.97 bits per heavy atom. The molecule has 0 N–H and O–H groups in total. The zero-order valence-electron chi connectivity index (χ0n) is 16.4. The molecule has 4 rings (SSSR count). The fourth-order valence-corrected chi connectivity index (χ4v) is 4.45. The Morgan fingerprint density at radius 3 is 2.73 bits per heavy atom. The van der Waals surface area contributed by atoms with Gasteiger partial charge < -0.3 is 18.8 Å². The summed E-state index contributed by atoms with van der Waals surface area (Å²) in [6.07, 6.45) is 0. The quantitative estimate of drug-likeness (QED) is 0.570. The van der Waals surface area contributed by atoms with E-state index in [1.54, 1.807) is 35.8 Å². The molecular formula is C21H19ClN2O5S. The summed E-state index contributed by atoms with van der Waals surface area (Å²) < 4.78 is 18.7. The number of aromatic nitrogens is 1. The predicted molar refractivity (Wildman–Crippen MR) is 114 cm³/mol. The largest absolute Gasteiger partial charge is 0.486 e. The number of carbonyl (C=O) groups excluding carboxylic acids is 2. The second-order valence-electron chi connectivity index (χ2n) is 6.57. The maximum atomic E-state index is 12.9. The number of halogens is 1. The van der Waals surface area contributed by atoms with Crippen LogP contribution in [0.3, 0.4) is 0 Å². The number of hydrogen-bond acceptors (Lipinski definition) is 6. The lowest BCUT2D eigenvalue weighted by Gasteiger charge is -2.18. The van der Waals surface area contributed by atoms with Crippen molar-refractivity contribution in [1.82, 2.24) is 4.57 Å². The van der Waals surface area contributed by atoms with Crippen molar-refractivity contribution >= 4 is 45.0 Å². The molecule has 0 unspecified atom stereocenters. The Balaban J connectivity index is 1.80. The lowest BCUT2D eigenvalue weighted by Crippen LogP contribution is -2.23. The molecule has 0 atom stereocenters. The van der Waals surface area contributed by atoms with E-state index in [0.717, 1.165) is 15.8 Å². The summed E-state index contributed by atoms with van der Waals surface area (Å²) in [7, 11) is 0. The summed E-state index contributed by atoms with van der Waals surface area (Å²) in [4.78, 5) is 29.8. The van der Waals surface area contributed by atoms with Crippen LogP contribution in [0, 0.1) is 6.92 Å². The SMILES string of the molecule is CCOC(=O)Cn1c(=NC(=O)c2ccc3c(c2)OCCO3)sc2ccc(Cl)c(C)c21. The molecule has 1 amide bonds. The average Bonchev–Trinajstić information content (AvgIpc) is 3.08. The Kier molecular flexibility index (Phi) is 5.78. The van der Waals surface area contributed by atoms with E-state index >= 15 is 0 Å². The lowest BCUT2D eigenvalue weighted by atomic mass is 10.2. The summed E-state index contributed by atoms with van der Waals surface area (Å²) in [5, 5.41) is 0.572. The van der Waals surface area contributed by atoms with Crippen molar-refractivity contribution in [3.8, 4) is 11.5 Å². The second-order valence-corrected chi connectivity index (χ2v) is 7.99. The maximum Gasteiger partial charge on any atom is 0.326 e. The van der Waals surface area contributed by atoms with Crippen molar-refractivity contribution in [2.24, 2.45) is 4.99 Å². The number of aryl methyl sites for hydroxylation is 1. The number of fused-ring (bicyclic) bond motifs is 2. The van der Waals surface area contributed by atoms with Crippen LogP contribution in [-0.4, -0.2) is 36.3 Å². The van der Waals surface area contributed by atoms with Gasteiger partial charge in [0.1, 0.15) is 19.8 Å². The first-order valence-electron chi connectivity index (χ1n) is 9.40. The van der Waals surface area contributed by atoms with Gasteiger partial charge in [-0.25, -0.2) is 0 Å². The molecule has 0 fully saturated rings. The van der Waals surface area contributed by atoms with Crippen molar-refractivity contribution in [2.75, 3.05) is 19.8 Å². The smallest absolute Gasteiger partial charge is 0.326 e. The van der Waals surface area contributed by atoms with E-state index in [1.807, 2.05) is 13.0 Å². The number of ether oxygens (including phenoxy) is 3. The van der Waals surface area contributed by atoms with E-state index in [1.165, 1.54) is 11.3 Å². The van der Waals surface area contributed by atoms with Gasteiger partial charge in [0.2, 0.25) is 0 Å². The number of nitrogens with zero attached hydrogens (tertiary/aromatic N) is 2. The zero-order chi connectivity index (χ0) is 21.3. The molecule has 0 spiro atoms. The number of hydrogen-bond donors (Lipinski definition) is 0. The molecular weight excluding hydrogens is 428 g/mol. The molecule has 1 aromatic heterocycles. The molecule has 0 saturated carbocycles. The van der Waals surface area contributed by atoms with E-state index in [-0.39, 0.29) is 13.2 Å². The topological polar surface area (TPSA) is 79.1 Å². The summed E-state index contributed by atoms with van der Waals surface area (Å²) >= 11 is 7.60. The van der Waals surface area contributed by atoms with Crippen LogP contribution in [-0.2, 0) is 16.1 Å². The average molecular weight is 447 g/mol. The first-order valence-corrected chi connectivity index (χ1v) is 10.6. The van der Waals surface area contributed by atoms with Crippen molar-refractivity contribution in [3.05, 3.63) is 51.3 Å². The van der Waals surface area contributed by atoms with Gasteiger partial charge in [0.15, 0.2) is 16.3 Å². The van der Waals surface area contributed by atoms with E-state index in [0.29, 0.717) is 40.1 Å². The van der Waals surface area contributed by atoms with Crippen molar-refractivity contribution in [3.63, 3.8) is 0 Å². The highest BCUT2D eigenvalue weighted by Gasteiger charge is 2.18. The number of benzene rings is 2. The molecule has 2 aromatic carbocycles. The van der Waals surface area contributed by atoms with Crippen molar-refractivity contribution < 1.29 is 23.8 Å². The highest BCUT2D eigenvalue weighted by molar-refractivity contribution is 7.16. The highest BCUT2D eigenvalue weighted by atomic mass is 35.5. The predicted octanol–water partition coefficient (Wildman–Crippen LogP) is 3.74. The Bertz CT molecular complexity index is 1210. The van der Waals surface area contributed by atoms with Gasteiger partial charge in [0.05, 0.1) is 16.8 Å². The van der Waals surface area contributed by atoms with Crippen LogP contribution in [0.5, 0.6) is 11.5 Å². The van der Waals surface area contributed by atoms with Crippen molar-refractivity contribution in [1.29, 1.82) is 0 Å². The summed E-state index contributed by atoms with van der Waals surface area (Å²) in [6, 6.07) is 8.59. The molecule has 1 aliphatic rings. The monoisotopic (exact) mass is 446 g/mol. The molecule has 1 aliphatic heterocycles. The fourth-order valence-electron chi connectivity index (χ4n) is 3.21. The third kappa shape index (κ3) is 3.93. The number of amides is 1. The summed E-state index contributed by atoms with van der Waals surface area (Å²) in [5.74, 6) is 0.257. The van der Waals surface area contributed by atoms with Crippen LogP contribution in [0.2, 0.25) is 5.02 Å². The van der Waals surface area contributed by atoms with E-state index in [9.17, 15) is 9.59 Å². The molecule has 0 aliphatic carbocycles. The van der Waals surface area contributed by atoms with Gasteiger partial charge >= 0.3 is 5.97 Å². The Labute approximate surface area is 181 Å². The molecule has 156 valence electrons. The first-order chi connectivity index (χ1) is 14.5. The van der Waals surface area contributed by atoms with E-state index in [2.05, 4.69) is 4.99 Å². The number of rotatable bonds is 4. The van der Waals surface area contributed by atoms with Crippen LogP contribution >= 0.6 is 22.9 Å². The number of thiazole rings is 1. The van der Waals surface area contributed by atoms with Crippen LogP contribution in [0.25, 0.3) is 10.2 Å². The Morgan fingerprint density at radius 1 is 1.20 bits per heavy atom. The van der Waals surface area contributed by atoms with Gasteiger partial charge in [-0.05, 0) is 49.7 Å².